The van der Waals surface area contributed by atoms with Crippen molar-refractivity contribution in [2.24, 2.45) is 0 Å². The number of hydrogen-bond donors (Lipinski definition) is 2. The van der Waals surface area contributed by atoms with Gasteiger partial charge in [-0.15, -0.1) is 0 Å². The van der Waals surface area contributed by atoms with E-state index in [4.69, 9.17) is 0 Å². The fourth-order valence-electron chi connectivity index (χ4n) is 4.46. The molecule has 1 amide bonds. The van der Waals surface area contributed by atoms with Gasteiger partial charge in [0.05, 0.1) is 18.8 Å². The van der Waals surface area contributed by atoms with Gasteiger partial charge in [0.2, 0.25) is 0 Å². The predicted molar refractivity (Wildman–Crippen MR) is 141 cm³/mol. The molecule has 1 aliphatic rings. The molecule has 0 bridgehead atoms. The molecule has 0 aromatic heterocycles. The second-order valence-corrected chi connectivity index (χ2v) is 9.73. The molecule has 0 aliphatic carbocycles. The van der Waals surface area contributed by atoms with E-state index in [1.165, 1.54) is 16.3 Å². The molecule has 1 heterocycles. The largest absolute Gasteiger partial charge is 0.326 e. The monoisotopic (exact) mass is 512 g/mol. The summed E-state index contributed by atoms with van der Waals surface area (Å²) in [4.78, 5) is 14.6. The minimum Gasteiger partial charge on any atom is -0.326 e. The van der Waals surface area contributed by atoms with Crippen molar-refractivity contribution in [2.45, 2.75) is 12.6 Å². The van der Waals surface area contributed by atoms with Crippen LogP contribution >= 0.6 is 15.9 Å². The van der Waals surface area contributed by atoms with Crippen LogP contribution in [0, 0.1) is 0 Å². The highest BCUT2D eigenvalue weighted by molar-refractivity contribution is 9.10. The molecule has 0 fully saturated rings. The molecule has 1 unspecified atom stereocenters. The van der Waals surface area contributed by atoms with Crippen LogP contribution in [0.5, 0.6) is 0 Å². The van der Waals surface area contributed by atoms with E-state index in [-0.39, 0.29) is 11.9 Å². The molecular formula is C29H27BrN3O+. The van der Waals surface area contributed by atoms with Gasteiger partial charge >= 0.3 is 0 Å². The number of hydrogen-bond acceptors (Lipinski definition) is 2. The van der Waals surface area contributed by atoms with Gasteiger partial charge in [0.25, 0.3) is 5.91 Å². The standard InChI is InChI=1S/C29H26BrN3O/c1-32(19-21-11-15-26(30)16-12-21)20-29(34)33-28(23-8-3-2-4-9-23)18-27(31-33)25-14-13-22-7-5-6-10-24(22)17-25/h2-18,28,31H,19-20H2,1H3/p+1/t28-/m1/s1. The van der Waals surface area contributed by atoms with Crippen LogP contribution in [0.1, 0.15) is 22.7 Å². The Hall–Kier alpha value is -3.41. The Morgan fingerprint density at radius 3 is 2.38 bits per heavy atom. The SMILES string of the molecule is C[NH+](CC(=O)N1NC(c2ccc3ccccc3c2)=C[C@@H]1c1ccccc1)Cc1ccc(Br)cc1. The fraction of sp³-hybridized carbons (Fsp3) is 0.138. The number of benzene rings is 4. The van der Waals surface area contributed by atoms with E-state index in [0.29, 0.717) is 6.54 Å². The maximum Gasteiger partial charge on any atom is 0.296 e. The Labute approximate surface area is 208 Å². The molecule has 4 aromatic carbocycles. The summed E-state index contributed by atoms with van der Waals surface area (Å²) in [6.07, 6.45) is 2.15. The van der Waals surface area contributed by atoms with E-state index in [9.17, 15) is 4.79 Å². The van der Waals surface area contributed by atoms with Crippen molar-refractivity contribution >= 4 is 38.3 Å². The quantitative estimate of drug-likeness (QED) is 0.391. The summed E-state index contributed by atoms with van der Waals surface area (Å²) in [6, 6.07) is 33.1. The number of amides is 1. The number of halogens is 1. The van der Waals surface area contributed by atoms with Crippen LogP contribution in [0.3, 0.4) is 0 Å². The summed E-state index contributed by atoms with van der Waals surface area (Å²) < 4.78 is 1.06. The highest BCUT2D eigenvalue weighted by Gasteiger charge is 2.32. The van der Waals surface area contributed by atoms with E-state index in [0.717, 1.165) is 32.7 Å². The third-order valence-corrected chi connectivity index (χ3v) is 6.71. The van der Waals surface area contributed by atoms with Gasteiger partial charge in [0.15, 0.2) is 6.54 Å². The molecule has 34 heavy (non-hydrogen) atoms. The van der Waals surface area contributed by atoms with E-state index in [1.54, 1.807) is 5.01 Å². The molecular weight excluding hydrogens is 486 g/mol. The first-order chi connectivity index (χ1) is 16.6. The summed E-state index contributed by atoms with van der Waals surface area (Å²) in [5.41, 5.74) is 7.75. The zero-order valence-electron chi connectivity index (χ0n) is 19.0. The molecule has 170 valence electrons. The van der Waals surface area contributed by atoms with E-state index < -0.39 is 0 Å². The number of likely N-dealkylation sites (N-methyl/N-ethyl adjacent to an activating group) is 1. The highest BCUT2D eigenvalue weighted by atomic mass is 79.9. The van der Waals surface area contributed by atoms with Crippen molar-refractivity contribution in [3.05, 3.63) is 124 Å². The first kappa shape index (κ1) is 22.4. The van der Waals surface area contributed by atoms with Gasteiger partial charge < -0.3 is 4.90 Å². The number of rotatable bonds is 6. The lowest BCUT2D eigenvalue weighted by Gasteiger charge is -2.26. The molecule has 0 radical (unpaired) electrons. The van der Waals surface area contributed by atoms with E-state index in [1.807, 2.05) is 36.4 Å². The van der Waals surface area contributed by atoms with Crippen molar-refractivity contribution in [1.29, 1.82) is 0 Å². The van der Waals surface area contributed by atoms with E-state index in [2.05, 4.69) is 95.1 Å². The van der Waals surface area contributed by atoms with Crippen LogP contribution in [-0.2, 0) is 11.3 Å². The van der Waals surface area contributed by atoms with Gasteiger partial charge in [-0.05, 0) is 46.2 Å². The zero-order chi connectivity index (χ0) is 23.5. The van der Waals surface area contributed by atoms with Crippen LogP contribution in [0.4, 0.5) is 0 Å². The van der Waals surface area contributed by atoms with Crippen molar-refractivity contribution in [2.75, 3.05) is 13.6 Å². The number of nitrogens with one attached hydrogen (secondary N) is 2. The van der Waals surface area contributed by atoms with Gasteiger partial charge in [-0.1, -0.05) is 94.8 Å². The average Bonchev–Trinajstić information content (AvgIpc) is 3.31. The molecule has 0 saturated heterocycles. The van der Waals surface area contributed by atoms with Gasteiger partial charge in [-0.3, -0.25) is 10.2 Å². The van der Waals surface area contributed by atoms with Gasteiger partial charge in [-0.25, -0.2) is 5.01 Å². The van der Waals surface area contributed by atoms with Crippen molar-refractivity contribution < 1.29 is 9.69 Å². The number of nitrogens with zero attached hydrogens (tertiary/aromatic N) is 1. The minimum atomic E-state index is -0.157. The molecule has 2 N–H and O–H groups in total. The van der Waals surface area contributed by atoms with Crippen molar-refractivity contribution in [3.8, 4) is 0 Å². The average molecular weight is 513 g/mol. The van der Waals surface area contributed by atoms with Crippen molar-refractivity contribution in [3.63, 3.8) is 0 Å². The third-order valence-electron chi connectivity index (χ3n) is 6.19. The molecule has 4 aromatic rings. The molecule has 2 atom stereocenters. The third kappa shape index (κ3) is 4.91. The topological polar surface area (TPSA) is 36.8 Å². The number of carbonyl (C=O) groups is 1. The fourth-order valence-corrected chi connectivity index (χ4v) is 4.72. The lowest BCUT2D eigenvalue weighted by molar-refractivity contribution is -0.885. The van der Waals surface area contributed by atoms with Crippen LogP contribution in [0.2, 0.25) is 0 Å². The Bertz CT molecular complexity index is 1330. The lowest BCUT2D eigenvalue weighted by Crippen LogP contribution is -3.09. The summed E-state index contributed by atoms with van der Waals surface area (Å²) in [6.45, 7) is 1.18. The minimum absolute atomic E-state index is 0.0653. The second kappa shape index (κ2) is 9.84. The Morgan fingerprint density at radius 1 is 0.912 bits per heavy atom. The first-order valence-corrected chi connectivity index (χ1v) is 12.3. The molecule has 1 aliphatic heterocycles. The zero-order valence-corrected chi connectivity index (χ0v) is 20.6. The summed E-state index contributed by atoms with van der Waals surface area (Å²) in [5, 5.41) is 4.17. The van der Waals surface area contributed by atoms with Gasteiger partial charge in [0, 0.05) is 10.0 Å². The summed E-state index contributed by atoms with van der Waals surface area (Å²) >= 11 is 3.48. The first-order valence-electron chi connectivity index (χ1n) is 11.5. The summed E-state index contributed by atoms with van der Waals surface area (Å²) in [5.74, 6) is 0.0653. The Kier molecular flexibility index (Phi) is 6.48. The maximum atomic E-state index is 13.5. The van der Waals surface area contributed by atoms with Crippen LogP contribution in [0.15, 0.2) is 108 Å². The van der Waals surface area contributed by atoms with Crippen LogP contribution in [-0.4, -0.2) is 24.5 Å². The molecule has 5 heteroatoms. The Balaban J connectivity index is 1.38. The Morgan fingerprint density at radius 2 is 1.62 bits per heavy atom. The van der Waals surface area contributed by atoms with Gasteiger partial charge in [0.1, 0.15) is 6.54 Å². The van der Waals surface area contributed by atoms with Crippen LogP contribution in [0.25, 0.3) is 16.5 Å². The van der Waals surface area contributed by atoms with Crippen molar-refractivity contribution in [1.82, 2.24) is 10.4 Å². The molecule has 0 saturated carbocycles. The van der Waals surface area contributed by atoms with E-state index >= 15 is 0 Å². The normalized spacial score (nSPS) is 16.2. The smallest absolute Gasteiger partial charge is 0.296 e. The molecule has 0 spiro atoms. The lowest BCUT2D eigenvalue weighted by atomic mass is 10.0. The maximum absolute atomic E-state index is 13.5. The molecule has 4 nitrogen and oxygen atoms in total. The second-order valence-electron chi connectivity index (χ2n) is 8.81. The molecule has 5 rings (SSSR count). The number of fused-ring (bicyclic) bond motifs is 1. The van der Waals surface area contributed by atoms with Crippen LogP contribution < -0.4 is 10.3 Å². The van der Waals surface area contributed by atoms with Gasteiger partial charge in [-0.2, -0.15) is 0 Å². The number of hydrazine groups is 1. The highest BCUT2D eigenvalue weighted by Crippen LogP contribution is 2.32. The predicted octanol–water partition coefficient (Wildman–Crippen LogP) is 4.75. The number of carbonyl (C=O) groups excluding carboxylic acids is 1. The number of quaternary nitrogens is 1. The summed E-state index contributed by atoms with van der Waals surface area (Å²) in [7, 11) is 2.06.